The molecule has 190 valence electrons. The van der Waals surface area contributed by atoms with E-state index < -0.39 is 39.4 Å². The lowest BCUT2D eigenvalue weighted by Crippen LogP contribution is -2.47. The van der Waals surface area contributed by atoms with E-state index in [4.69, 9.17) is 20.6 Å². The number of benzene rings is 2. The zero-order chi connectivity index (χ0) is 25.5. The number of anilines is 1. The fourth-order valence-electron chi connectivity index (χ4n) is 4.84. The lowest BCUT2D eigenvalue weighted by atomic mass is 10.1. The summed E-state index contributed by atoms with van der Waals surface area (Å²) in [6.45, 7) is 0.684. The molecular weight excluding hydrogens is 494 g/mol. The molecule has 0 saturated carbocycles. The van der Waals surface area contributed by atoms with Gasteiger partial charge in [0.1, 0.15) is 12.4 Å². The Labute approximate surface area is 207 Å². The predicted octanol–water partition coefficient (Wildman–Crippen LogP) is 2.77. The maximum atomic E-state index is 14.0. The number of amides is 1. The maximum Gasteiger partial charge on any atom is 0.293 e. The zero-order valence-corrected chi connectivity index (χ0v) is 20.1. The van der Waals surface area contributed by atoms with Gasteiger partial charge in [0.25, 0.3) is 11.7 Å². The Bertz CT molecular complexity index is 1340. The average molecular weight is 519 g/mol. The third kappa shape index (κ3) is 4.04. The van der Waals surface area contributed by atoms with Crippen molar-refractivity contribution in [3.8, 4) is 18.1 Å². The number of rotatable bonds is 6. The van der Waals surface area contributed by atoms with Gasteiger partial charge in [0, 0.05) is 18.2 Å². The van der Waals surface area contributed by atoms with E-state index in [1.165, 1.54) is 33.5 Å². The summed E-state index contributed by atoms with van der Waals surface area (Å²) in [6.07, 6.45) is 7.15. The molecule has 11 heteroatoms. The Kier molecular flexibility index (Phi) is 6.46. The fourth-order valence-corrected chi connectivity index (χ4v) is 6.55. The summed E-state index contributed by atoms with van der Waals surface area (Å²) in [5.41, 5.74) is 0.732. The van der Waals surface area contributed by atoms with Crippen LogP contribution in [0.25, 0.3) is 0 Å². The molecule has 1 amide bonds. The highest BCUT2D eigenvalue weighted by Gasteiger charge is 2.55. The molecule has 3 aliphatic heterocycles. The quantitative estimate of drug-likeness (QED) is 0.547. The van der Waals surface area contributed by atoms with Gasteiger partial charge in [0.05, 0.1) is 36.4 Å². The fraction of sp³-hybridized carbons (Fsp3) is 0.400. The molecule has 2 aromatic carbocycles. The van der Waals surface area contributed by atoms with Crippen molar-refractivity contribution >= 4 is 21.6 Å². The number of hydrogen-bond acceptors (Lipinski definition) is 6. The van der Waals surface area contributed by atoms with Crippen molar-refractivity contribution in [3.63, 3.8) is 0 Å². The standard InChI is InChI=1S/C25H24F2N2O6S/c1-2-10-28-22-8-7-19(15-20(22)25(24(28)30)34-12-4-13-35-25)36(31,32)29-11-3-5-18(29)16-33-23-9-6-17(26)14-21(23)27/h1,6-9,14-15,18H,3-5,10-13,16H2/t18-/m0/s1. The summed E-state index contributed by atoms with van der Waals surface area (Å²) in [4.78, 5) is 14.5. The van der Waals surface area contributed by atoms with Crippen molar-refractivity contribution in [3.05, 3.63) is 53.6 Å². The molecule has 3 heterocycles. The van der Waals surface area contributed by atoms with E-state index in [9.17, 15) is 22.0 Å². The highest BCUT2D eigenvalue weighted by molar-refractivity contribution is 7.89. The Balaban J connectivity index is 1.44. The molecule has 1 spiro atoms. The predicted molar refractivity (Wildman–Crippen MR) is 125 cm³/mol. The van der Waals surface area contributed by atoms with Crippen LogP contribution < -0.4 is 9.64 Å². The van der Waals surface area contributed by atoms with Gasteiger partial charge < -0.3 is 14.2 Å². The molecule has 8 nitrogen and oxygen atoms in total. The number of terminal acetylenes is 1. The third-order valence-electron chi connectivity index (χ3n) is 6.54. The summed E-state index contributed by atoms with van der Waals surface area (Å²) in [5.74, 6) is -1.53. The molecule has 0 radical (unpaired) electrons. The molecule has 0 unspecified atom stereocenters. The van der Waals surface area contributed by atoms with Crippen molar-refractivity contribution < 1.29 is 36.2 Å². The first-order chi connectivity index (χ1) is 17.3. The van der Waals surface area contributed by atoms with Crippen molar-refractivity contribution in [1.29, 1.82) is 0 Å². The van der Waals surface area contributed by atoms with Crippen LogP contribution in [-0.4, -0.2) is 57.6 Å². The first kappa shape index (κ1) is 24.6. The highest BCUT2D eigenvalue weighted by Crippen LogP contribution is 2.46. The van der Waals surface area contributed by atoms with Crippen molar-refractivity contribution in [2.75, 3.05) is 37.8 Å². The summed E-state index contributed by atoms with van der Waals surface area (Å²) < 4.78 is 72.9. The van der Waals surface area contributed by atoms with Gasteiger partial charge in [-0.05, 0) is 49.6 Å². The number of fused-ring (bicyclic) bond motifs is 2. The summed E-state index contributed by atoms with van der Waals surface area (Å²) in [6, 6.07) is 6.75. The van der Waals surface area contributed by atoms with Crippen LogP contribution in [0.3, 0.4) is 0 Å². The Morgan fingerprint density at radius 1 is 1.14 bits per heavy atom. The minimum absolute atomic E-state index is 0.0160. The SMILES string of the molecule is C#CCN1C(=O)C2(OCCCO2)c2cc(S(=O)(=O)N3CCC[C@H]3COc3ccc(F)cc3F)ccc21. The van der Waals surface area contributed by atoms with Crippen molar-refractivity contribution in [1.82, 2.24) is 4.31 Å². The molecule has 3 aliphatic rings. The molecule has 0 aromatic heterocycles. The number of carbonyl (C=O) groups excluding carboxylic acids is 1. The van der Waals surface area contributed by atoms with Gasteiger partial charge in [0.15, 0.2) is 11.6 Å². The second-order valence-electron chi connectivity index (χ2n) is 8.74. The maximum absolute atomic E-state index is 14.0. The summed E-state index contributed by atoms with van der Waals surface area (Å²) >= 11 is 0. The normalized spacial score (nSPS) is 21.5. The number of nitrogens with zero attached hydrogens (tertiary/aromatic N) is 2. The van der Waals surface area contributed by atoms with Crippen molar-refractivity contribution in [2.24, 2.45) is 0 Å². The second kappa shape index (κ2) is 9.44. The first-order valence-electron chi connectivity index (χ1n) is 11.6. The summed E-state index contributed by atoms with van der Waals surface area (Å²) in [7, 11) is -4.01. The van der Waals surface area contributed by atoms with Crippen LogP contribution in [0.5, 0.6) is 5.75 Å². The van der Waals surface area contributed by atoms with Crippen LogP contribution in [0.15, 0.2) is 41.3 Å². The van der Waals surface area contributed by atoms with Crippen molar-refractivity contribution in [2.45, 2.75) is 36.0 Å². The second-order valence-corrected chi connectivity index (χ2v) is 10.6. The van der Waals surface area contributed by atoms with Gasteiger partial charge >= 0.3 is 0 Å². The van der Waals surface area contributed by atoms with Crippen LogP contribution in [0.4, 0.5) is 14.5 Å². The Hall–Kier alpha value is -3.04. The molecule has 2 fully saturated rings. The molecule has 0 bridgehead atoms. The molecule has 1 atom stereocenters. The Morgan fingerprint density at radius 3 is 2.64 bits per heavy atom. The minimum atomic E-state index is -4.01. The van der Waals surface area contributed by atoms with Gasteiger partial charge in [-0.15, -0.1) is 6.42 Å². The number of carbonyl (C=O) groups is 1. The topological polar surface area (TPSA) is 85.4 Å². The third-order valence-corrected chi connectivity index (χ3v) is 8.49. The molecule has 0 aliphatic carbocycles. The number of hydrogen-bond donors (Lipinski definition) is 0. The molecular formula is C25H24F2N2O6S. The molecule has 2 saturated heterocycles. The highest BCUT2D eigenvalue weighted by atomic mass is 32.2. The lowest BCUT2D eigenvalue weighted by Gasteiger charge is -2.32. The van der Waals surface area contributed by atoms with Crippen LogP contribution in [0.1, 0.15) is 24.8 Å². The summed E-state index contributed by atoms with van der Waals surface area (Å²) in [5, 5.41) is 0. The number of ether oxygens (including phenoxy) is 3. The van der Waals surface area contributed by atoms with E-state index in [0.29, 0.717) is 36.6 Å². The molecule has 0 N–H and O–H groups in total. The van der Waals surface area contributed by atoms with Gasteiger partial charge in [-0.1, -0.05) is 5.92 Å². The van der Waals surface area contributed by atoms with E-state index in [-0.39, 0.29) is 43.6 Å². The largest absolute Gasteiger partial charge is 0.489 e. The monoisotopic (exact) mass is 518 g/mol. The van der Waals surface area contributed by atoms with E-state index in [0.717, 1.165) is 6.07 Å². The van der Waals surface area contributed by atoms with Gasteiger partial charge in [-0.2, -0.15) is 4.31 Å². The number of halogens is 2. The Morgan fingerprint density at radius 2 is 1.92 bits per heavy atom. The van der Waals surface area contributed by atoms with Gasteiger partial charge in [-0.25, -0.2) is 17.2 Å². The smallest absolute Gasteiger partial charge is 0.293 e. The molecule has 5 rings (SSSR count). The molecule has 36 heavy (non-hydrogen) atoms. The first-order valence-corrected chi connectivity index (χ1v) is 13.0. The van der Waals surface area contributed by atoms with Crippen LogP contribution in [0, 0.1) is 24.0 Å². The van der Waals surface area contributed by atoms with Crippen LogP contribution in [0.2, 0.25) is 0 Å². The van der Waals surface area contributed by atoms with Gasteiger partial charge in [0.2, 0.25) is 10.0 Å². The lowest BCUT2D eigenvalue weighted by molar-refractivity contribution is -0.256. The minimum Gasteiger partial charge on any atom is -0.489 e. The average Bonchev–Trinajstić information content (AvgIpc) is 3.43. The van der Waals surface area contributed by atoms with E-state index in [2.05, 4.69) is 5.92 Å². The van der Waals surface area contributed by atoms with Gasteiger partial charge in [-0.3, -0.25) is 9.69 Å². The van der Waals surface area contributed by atoms with E-state index in [1.807, 2.05) is 0 Å². The van der Waals surface area contributed by atoms with Crippen LogP contribution >= 0.6 is 0 Å². The molecule has 2 aromatic rings. The van der Waals surface area contributed by atoms with E-state index in [1.54, 1.807) is 0 Å². The van der Waals surface area contributed by atoms with E-state index >= 15 is 0 Å². The van der Waals surface area contributed by atoms with Crippen LogP contribution in [-0.2, 0) is 30.1 Å². The number of sulfonamides is 1. The zero-order valence-electron chi connectivity index (χ0n) is 19.3.